The van der Waals surface area contributed by atoms with E-state index >= 15 is 0 Å². The predicted molar refractivity (Wildman–Crippen MR) is 38.1 cm³/mol. The molecule has 0 aliphatic heterocycles. The molecule has 4 heteroatoms. The third kappa shape index (κ3) is 4.33. The van der Waals surface area contributed by atoms with Crippen molar-refractivity contribution in [2.45, 2.75) is 18.1 Å². The van der Waals surface area contributed by atoms with Crippen molar-refractivity contribution in [1.82, 2.24) is 0 Å². The van der Waals surface area contributed by atoms with Crippen LogP contribution in [0.2, 0.25) is 0 Å². The van der Waals surface area contributed by atoms with Gasteiger partial charge >= 0.3 is 5.97 Å². The summed E-state index contributed by atoms with van der Waals surface area (Å²) < 4.78 is 3.91. The lowest BCUT2D eigenvalue weighted by Crippen LogP contribution is -2.05. The summed E-state index contributed by atoms with van der Waals surface area (Å²) in [6.45, 7) is 1.71. The van der Waals surface area contributed by atoms with Crippen molar-refractivity contribution in [3.63, 3.8) is 0 Å². The largest absolute Gasteiger partial charge is 0.441 e. The first-order chi connectivity index (χ1) is 3.66. The van der Waals surface area contributed by atoms with Gasteiger partial charge in [-0.05, 0) is 0 Å². The van der Waals surface area contributed by atoms with Crippen molar-refractivity contribution in [2.75, 3.05) is 0 Å². The lowest BCUT2D eigenvalue weighted by molar-refractivity contribution is -0.141. The van der Waals surface area contributed by atoms with Crippen molar-refractivity contribution in [1.29, 1.82) is 0 Å². The third-order valence-electron chi connectivity index (χ3n) is 0.526. The molecular weight excluding hydrogens is 144 g/mol. The van der Waals surface area contributed by atoms with Crippen LogP contribution in [-0.2, 0) is 9.53 Å². The van der Waals surface area contributed by atoms with Gasteiger partial charge < -0.3 is 4.74 Å². The molecule has 0 bridgehead atoms. The van der Waals surface area contributed by atoms with E-state index in [9.17, 15) is 4.79 Å². The average Bonchev–Trinajstić information content (AvgIpc) is 1.65. The normalized spacial score (nSPS) is 9.50. The SMILES string of the molecule is CCC(=O)OC(S)S. The van der Waals surface area contributed by atoms with Crippen LogP contribution in [-0.4, -0.2) is 10.7 Å². The fraction of sp³-hybridized carbons (Fsp3) is 0.750. The molecule has 0 saturated carbocycles. The molecular formula is C4H8O2S2. The highest BCUT2D eigenvalue weighted by molar-refractivity contribution is 7.98. The molecule has 8 heavy (non-hydrogen) atoms. The van der Waals surface area contributed by atoms with Crippen LogP contribution in [0.1, 0.15) is 13.3 Å². The molecule has 0 fully saturated rings. The van der Waals surface area contributed by atoms with Crippen molar-refractivity contribution in [3.05, 3.63) is 0 Å². The monoisotopic (exact) mass is 152 g/mol. The van der Waals surface area contributed by atoms with Gasteiger partial charge in [-0.3, -0.25) is 4.79 Å². The zero-order valence-electron chi connectivity index (χ0n) is 4.50. The summed E-state index contributed by atoms with van der Waals surface area (Å²) in [6.07, 6.45) is 0.373. The first kappa shape index (κ1) is 8.17. The quantitative estimate of drug-likeness (QED) is 0.352. The Morgan fingerprint density at radius 1 is 1.75 bits per heavy atom. The Kier molecular flexibility index (Phi) is 4.18. The van der Waals surface area contributed by atoms with Gasteiger partial charge in [0.25, 0.3) is 0 Å². The minimum absolute atomic E-state index is 0.278. The number of hydrogen-bond acceptors (Lipinski definition) is 4. The number of hydrogen-bond donors (Lipinski definition) is 2. The molecule has 0 spiro atoms. The third-order valence-corrected chi connectivity index (χ3v) is 0.736. The van der Waals surface area contributed by atoms with Gasteiger partial charge in [0, 0.05) is 6.42 Å². The second kappa shape index (κ2) is 4.09. The Hall–Kier alpha value is 0.170. The Balaban J connectivity index is 3.25. The van der Waals surface area contributed by atoms with Crippen LogP contribution < -0.4 is 0 Å². The minimum Gasteiger partial charge on any atom is -0.441 e. The molecule has 0 aromatic rings. The number of ether oxygens (including phenoxy) is 1. The fourth-order valence-corrected chi connectivity index (χ4v) is 0.436. The zero-order chi connectivity index (χ0) is 6.57. The fourth-order valence-electron chi connectivity index (χ4n) is 0.201. The van der Waals surface area contributed by atoms with E-state index in [1.165, 1.54) is 0 Å². The maximum absolute atomic E-state index is 10.3. The summed E-state index contributed by atoms with van der Waals surface area (Å²) in [4.78, 5) is 10.3. The number of carbonyl (C=O) groups is 1. The van der Waals surface area contributed by atoms with Gasteiger partial charge in [0.05, 0.1) is 0 Å². The van der Waals surface area contributed by atoms with Gasteiger partial charge in [-0.15, -0.1) is 25.3 Å². The van der Waals surface area contributed by atoms with Gasteiger partial charge in [0.1, 0.15) is 0 Å². The second-order valence-corrected chi connectivity index (χ2v) is 2.52. The molecule has 0 unspecified atom stereocenters. The Bertz CT molecular complexity index is 82.1. The topological polar surface area (TPSA) is 26.3 Å². The molecule has 0 aromatic heterocycles. The molecule has 0 amide bonds. The summed E-state index contributed by atoms with van der Waals surface area (Å²) in [6, 6.07) is 0. The van der Waals surface area contributed by atoms with Gasteiger partial charge in [-0.2, -0.15) is 0 Å². The average molecular weight is 152 g/mol. The van der Waals surface area contributed by atoms with E-state index < -0.39 is 4.77 Å². The Morgan fingerprint density at radius 2 is 2.25 bits per heavy atom. The molecule has 48 valence electrons. The smallest absolute Gasteiger partial charge is 0.307 e. The van der Waals surface area contributed by atoms with E-state index in [1.807, 2.05) is 0 Å². The van der Waals surface area contributed by atoms with Crippen LogP contribution in [0.15, 0.2) is 0 Å². The summed E-state index contributed by atoms with van der Waals surface area (Å²) >= 11 is 7.43. The van der Waals surface area contributed by atoms with Crippen LogP contribution in [0.3, 0.4) is 0 Å². The van der Waals surface area contributed by atoms with E-state index in [0.717, 1.165) is 0 Å². The van der Waals surface area contributed by atoms with Crippen molar-refractivity contribution >= 4 is 31.2 Å². The van der Waals surface area contributed by atoms with Crippen LogP contribution in [0.25, 0.3) is 0 Å². The maximum atomic E-state index is 10.3. The number of rotatable bonds is 2. The Labute approximate surface area is 59.4 Å². The standard InChI is InChI=1S/C4H8O2S2/c1-2-3(5)6-4(7)8/h4,7-8H,2H2,1H3. The van der Waals surface area contributed by atoms with Crippen LogP contribution in [0.5, 0.6) is 0 Å². The van der Waals surface area contributed by atoms with Crippen LogP contribution >= 0.6 is 25.3 Å². The lowest BCUT2D eigenvalue weighted by atomic mass is 10.5. The maximum Gasteiger partial charge on any atom is 0.307 e. The molecule has 0 aromatic carbocycles. The highest BCUT2D eigenvalue weighted by Crippen LogP contribution is 2.02. The first-order valence-electron chi connectivity index (χ1n) is 2.22. The predicted octanol–water partition coefficient (Wildman–Crippen LogP) is 1.08. The second-order valence-electron chi connectivity index (χ2n) is 1.17. The highest BCUT2D eigenvalue weighted by atomic mass is 32.2. The van der Waals surface area contributed by atoms with Gasteiger partial charge in [0.15, 0.2) is 4.77 Å². The molecule has 2 nitrogen and oxygen atoms in total. The van der Waals surface area contributed by atoms with E-state index in [-0.39, 0.29) is 5.97 Å². The van der Waals surface area contributed by atoms with E-state index in [0.29, 0.717) is 6.42 Å². The van der Waals surface area contributed by atoms with Crippen LogP contribution in [0.4, 0.5) is 0 Å². The van der Waals surface area contributed by atoms with Gasteiger partial charge in [-0.1, -0.05) is 6.92 Å². The molecule has 0 rings (SSSR count). The van der Waals surface area contributed by atoms with E-state index in [2.05, 4.69) is 30.0 Å². The first-order valence-corrected chi connectivity index (χ1v) is 3.25. The minimum atomic E-state index is -0.581. The number of esters is 1. The molecule has 0 aliphatic carbocycles. The summed E-state index contributed by atoms with van der Waals surface area (Å²) in [5.41, 5.74) is 0. The number of thiol groups is 2. The molecule has 0 saturated heterocycles. The summed E-state index contributed by atoms with van der Waals surface area (Å²) in [7, 11) is 0. The van der Waals surface area contributed by atoms with Crippen molar-refractivity contribution < 1.29 is 9.53 Å². The van der Waals surface area contributed by atoms with Crippen LogP contribution in [0, 0.1) is 0 Å². The van der Waals surface area contributed by atoms with Gasteiger partial charge in [0.2, 0.25) is 0 Å². The zero-order valence-corrected chi connectivity index (χ0v) is 6.28. The lowest BCUT2D eigenvalue weighted by Gasteiger charge is -2.02. The van der Waals surface area contributed by atoms with E-state index in [4.69, 9.17) is 0 Å². The van der Waals surface area contributed by atoms with Crippen molar-refractivity contribution in [3.8, 4) is 0 Å². The number of carbonyl (C=O) groups excluding carboxylic acids is 1. The molecule has 0 radical (unpaired) electrons. The molecule has 0 heterocycles. The molecule has 0 N–H and O–H groups in total. The summed E-state index contributed by atoms with van der Waals surface area (Å²) in [5.74, 6) is -0.278. The van der Waals surface area contributed by atoms with E-state index in [1.54, 1.807) is 6.92 Å². The molecule has 0 aliphatic rings. The van der Waals surface area contributed by atoms with Crippen molar-refractivity contribution in [2.24, 2.45) is 0 Å². The van der Waals surface area contributed by atoms with Gasteiger partial charge in [-0.25, -0.2) is 0 Å². The Morgan fingerprint density at radius 3 is 2.38 bits per heavy atom. The summed E-state index contributed by atoms with van der Waals surface area (Å²) in [5, 5.41) is 0. The molecule has 0 atom stereocenters. The highest BCUT2D eigenvalue weighted by Gasteiger charge is 2.00.